The molecule has 0 spiro atoms. The number of carbonyl (C=O) groups is 1. The molecular formula is C20H20N4O2. The first-order chi connectivity index (χ1) is 12.7. The summed E-state index contributed by atoms with van der Waals surface area (Å²) in [7, 11) is 1.55. The Morgan fingerprint density at radius 3 is 2.42 bits per heavy atom. The minimum absolute atomic E-state index is 0.225. The van der Waals surface area contributed by atoms with Gasteiger partial charge in [-0.05, 0) is 48.4 Å². The second-order valence-electron chi connectivity index (χ2n) is 5.63. The summed E-state index contributed by atoms with van der Waals surface area (Å²) >= 11 is 0. The highest BCUT2D eigenvalue weighted by atomic mass is 16.5. The molecule has 0 saturated carbocycles. The van der Waals surface area contributed by atoms with E-state index in [2.05, 4.69) is 39.9 Å². The number of rotatable bonds is 6. The van der Waals surface area contributed by atoms with E-state index in [0.717, 1.165) is 12.1 Å². The van der Waals surface area contributed by atoms with Crippen molar-refractivity contribution in [3.8, 4) is 5.75 Å². The number of aromatic nitrogens is 2. The molecule has 0 saturated heterocycles. The molecule has 2 N–H and O–H groups in total. The predicted molar refractivity (Wildman–Crippen MR) is 102 cm³/mol. The standard InChI is InChI=1S/C20H20N4O2/c1-3-14-8-10-15(11-9-14)21-19-13-12-17(23-24-19)20(25)22-16-6-4-5-7-18(16)26-2/h4-13H,3H2,1-2H3,(H,21,24)(H,22,25). The van der Waals surface area contributed by atoms with Gasteiger partial charge in [-0.1, -0.05) is 31.2 Å². The minimum atomic E-state index is -0.346. The number of hydrogen-bond acceptors (Lipinski definition) is 5. The number of carbonyl (C=O) groups excluding carboxylic acids is 1. The third-order valence-corrected chi connectivity index (χ3v) is 3.89. The van der Waals surface area contributed by atoms with Gasteiger partial charge in [-0.3, -0.25) is 4.79 Å². The van der Waals surface area contributed by atoms with Crippen molar-refractivity contribution in [2.75, 3.05) is 17.7 Å². The Labute approximate surface area is 152 Å². The van der Waals surface area contributed by atoms with E-state index in [1.807, 2.05) is 24.3 Å². The van der Waals surface area contributed by atoms with Crippen molar-refractivity contribution in [2.24, 2.45) is 0 Å². The number of amides is 1. The SMILES string of the molecule is CCc1ccc(Nc2ccc(C(=O)Nc3ccccc3OC)nn2)cc1. The molecule has 0 atom stereocenters. The second-order valence-corrected chi connectivity index (χ2v) is 5.63. The lowest BCUT2D eigenvalue weighted by Gasteiger charge is -2.09. The van der Waals surface area contributed by atoms with Crippen LogP contribution < -0.4 is 15.4 Å². The summed E-state index contributed by atoms with van der Waals surface area (Å²) in [5.74, 6) is 0.812. The first kappa shape index (κ1) is 17.4. The molecule has 3 rings (SSSR count). The van der Waals surface area contributed by atoms with E-state index in [9.17, 15) is 4.79 Å². The van der Waals surface area contributed by atoms with Crippen molar-refractivity contribution in [1.82, 2.24) is 10.2 Å². The molecule has 6 heteroatoms. The summed E-state index contributed by atoms with van der Waals surface area (Å²) in [6.45, 7) is 2.11. The maximum absolute atomic E-state index is 12.3. The molecule has 0 fully saturated rings. The Hall–Kier alpha value is -3.41. The molecule has 0 radical (unpaired) electrons. The normalized spacial score (nSPS) is 10.2. The zero-order chi connectivity index (χ0) is 18.4. The Morgan fingerprint density at radius 1 is 1.00 bits per heavy atom. The Morgan fingerprint density at radius 2 is 1.77 bits per heavy atom. The van der Waals surface area contributed by atoms with Crippen LogP contribution in [0.3, 0.4) is 0 Å². The lowest BCUT2D eigenvalue weighted by atomic mass is 10.1. The second kappa shape index (κ2) is 8.11. The van der Waals surface area contributed by atoms with Crippen molar-refractivity contribution in [1.29, 1.82) is 0 Å². The van der Waals surface area contributed by atoms with Crippen LogP contribution in [0, 0.1) is 0 Å². The molecule has 0 bridgehead atoms. The smallest absolute Gasteiger partial charge is 0.276 e. The molecule has 0 aliphatic carbocycles. The molecule has 1 amide bonds. The summed E-state index contributed by atoms with van der Waals surface area (Å²) in [5, 5.41) is 14.0. The van der Waals surface area contributed by atoms with Gasteiger partial charge in [0, 0.05) is 5.69 Å². The van der Waals surface area contributed by atoms with Gasteiger partial charge in [0.2, 0.25) is 0 Å². The van der Waals surface area contributed by atoms with Crippen LogP contribution in [0.5, 0.6) is 5.75 Å². The maximum atomic E-state index is 12.3. The van der Waals surface area contributed by atoms with Gasteiger partial charge >= 0.3 is 0 Å². The predicted octanol–water partition coefficient (Wildman–Crippen LogP) is 4.04. The van der Waals surface area contributed by atoms with Crippen LogP contribution in [0.4, 0.5) is 17.2 Å². The summed E-state index contributed by atoms with van der Waals surface area (Å²) in [5.41, 5.74) is 3.00. The van der Waals surface area contributed by atoms with Gasteiger partial charge in [0.1, 0.15) is 5.75 Å². The summed E-state index contributed by atoms with van der Waals surface area (Å²) in [4.78, 5) is 12.3. The Balaban J connectivity index is 1.67. The van der Waals surface area contributed by atoms with Crippen LogP contribution in [0.15, 0.2) is 60.7 Å². The molecule has 0 aliphatic heterocycles. The molecular weight excluding hydrogens is 328 g/mol. The fraction of sp³-hybridized carbons (Fsp3) is 0.150. The van der Waals surface area contributed by atoms with Crippen molar-refractivity contribution in [2.45, 2.75) is 13.3 Å². The molecule has 6 nitrogen and oxygen atoms in total. The largest absolute Gasteiger partial charge is 0.495 e. The molecule has 3 aromatic rings. The van der Waals surface area contributed by atoms with Crippen LogP contribution in [0.2, 0.25) is 0 Å². The number of benzene rings is 2. The Bertz CT molecular complexity index is 877. The first-order valence-electron chi connectivity index (χ1n) is 8.33. The molecule has 1 aromatic heterocycles. The average molecular weight is 348 g/mol. The topological polar surface area (TPSA) is 76.1 Å². The van der Waals surface area contributed by atoms with Crippen molar-refractivity contribution in [3.63, 3.8) is 0 Å². The maximum Gasteiger partial charge on any atom is 0.276 e. The van der Waals surface area contributed by atoms with E-state index in [1.165, 1.54) is 5.56 Å². The number of para-hydroxylation sites is 2. The Kier molecular flexibility index (Phi) is 5.43. The van der Waals surface area contributed by atoms with Gasteiger partial charge in [-0.25, -0.2) is 0 Å². The van der Waals surface area contributed by atoms with Gasteiger partial charge in [-0.15, -0.1) is 10.2 Å². The highest BCUT2D eigenvalue weighted by Gasteiger charge is 2.11. The highest BCUT2D eigenvalue weighted by molar-refractivity contribution is 6.03. The molecule has 0 aliphatic rings. The zero-order valence-electron chi connectivity index (χ0n) is 14.7. The number of ether oxygens (including phenoxy) is 1. The van der Waals surface area contributed by atoms with Crippen LogP contribution in [0.25, 0.3) is 0 Å². The third-order valence-electron chi connectivity index (χ3n) is 3.89. The quantitative estimate of drug-likeness (QED) is 0.703. The summed E-state index contributed by atoms with van der Waals surface area (Å²) in [6, 6.07) is 18.6. The average Bonchev–Trinajstić information content (AvgIpc) is 2.69. The minimum Gasteiger partial charge on any atom is -0.495 e. The lowest BCUT2D eigenvalue weighted by molar-refractivity contribution is 0.102. The fourth-order valence-electron chi connectivity index (χ4n) is 2.43. The van der Waals surface area contributed by atoms with Gasteiger partial charge < -0.3 is 15.4 Å². The van der Waals surface area contributed by atoms with Gasteiger partial charge in [0.15, 0.2) is 11.5 Å². The van der Waals surface area contributed by atoms with Gasteiger partial charge in [0.05, 0.1) is 12.8 Å². The molecule has 26 heavy (non-hydrogen) atoms. The van der Waals surface area contributed by atoms with Crippen molar-refractivity contribution >= 4 is 23.1 Å². The number of nitrogens with one attached hydrogen (secondary N) is 2. The number of anilines is 3. The van der Waals surface area contributed by atoms with E-state index >= 15 is 0 Å². The summed E-state index contributed by atoms with van der Waals surface area (Å²) < 4.78 is 5.22. The number of hydrogen-bond donors (Lipinski definition) is 2. The lowest BCUT2D eigenvalue weighted by Crippen LogP contribution is -2.15. The van der Waals surface area contributed by atoms with E-state index in [4.69, 9.17) is 4.74 Å². The van der Waals surface area contributed by atoms with Gasteiger partial charge in [0.25, 0.3) is 5.91 Å². The summed E-state index contributed by atoms with van der Waals surface area (Å²) in [6.07, 6.45) is 0.996. The van der Waals surface area contributed by atoms with Crippen LogP contribution >= 0.6 is 0 Å². The monoisotopic (exact) mass is 348 g/mol. The van der Waals surface area contributed by atoms with Crippen molar-refractivity contribution < 1.29 is 9.53 Å². The molecule has 1 heterocycles. The van der Waals surface area contributed by atoms with E-state index in [0.29, 0.717) is 17.3 Å². The number of aryl methyl sites for hydroxylation is 1. The van der Waals surface area contributed by atoms with E-state index in [1.54, 1.807) is 31.4 Å². The van der Waals surface area contributed by atoms with Gasteiger partial charge in [-0.2, -0.15) is 0 Å². The van der Waals surface area contributed by atoms with Crippen LogP contribution in [-0.4, -0.2) is 23.2 Å². The number of nitrogens with zero attached hydrogens (tertiary/aromatic N) is 2. The van der Waals surface area contributed by atoms with Crippen LogP contribution in [-0.2, 0) is 6.42 Å². The van der Waals surface area contributed by atoms with Crippen molar-refractivity contribution in [3.05, 3.63) is 71.9 Å². The number of methoxy groups -OCH3 is 1. The van der Waals surface area contributed by atoms with E-state index < -0.39 is 0 Å². The fourth-order valence-corrected chi connectivity index (χ4v) is 2.43. The molecule has 132 valence electrons. The van der Waals surface area contributed by atoms with Crippen LogP contribution in [0.1, 0.15) is 23.0 Å². The molecule has 0 unspecified atom stereocenters. The zero-order valence-corrected chi connectivity index (χ0v) is 14.7. The molecule has 2 aromatic carbocycles. The highest BCUT2D eigenvalue weighted by Crippen LogP contribution is 2.23. The first-order valence-corrected chi connectivity index (χ1v) is 8.33. The van der Waals surface area contributed by atoms with E-state index in [-0.39, 0.29) is 11.6 Å². The third kappa shape index (κ3) is 4.16.